The van der Waals surface area contributed by atoms with E-state index in [1.807, 2.05) is 0 Å². The van der Waals surface area contributed by atoms with Crippen molar-refractivity contribution in [1.29, 1.82) is 0 Å². The highest BCUT2D eigenvalue weighted by Crippen LogP contribution is 2.41. The fraction of sp³-hybridized carbons (Fsp3) is 0.647. The Labute approximate surface area is 140 Å². The molecule has 0 aliphatic heterocycles. The lowest BCUT2D eigenvalue weighted by molar-refractivity contribution is 0.171. The molecule has 1 nitrogen and oxygen atoms in total. The Bertz CT molecular complexity index is 447. The lowest BCUT2D eigenvalue weighted by atomic mass is 9.72. The Morgan fingerprint density at radius 1 is 1.20 bits per heavy atom. The van der Waals surface area contributed by atoms with Gasteiger partial charge in [0.15, 0.2) is 0 Å². The van der Waals surface area contributed by atoms with Gasteiger partial charge in [-0.25, -0.2) is 0 Å². The fourth-order valence-corrected chi connectivity index (χ4v) is 4.27. The van der Waals surface area contributed by atoms with Gasteiger partial charge >= 0.3 is 0 Å². The van der Waals surface area contributed by atoms with Crippen LogP contribution in [0.2, 0.25) is 0 Å². The molecule has 1 saturated carbocycles. The van der Waals surface area contributed by atoms with Crippen LogP contribution in [0.4, 0.5) is 0 Å². The minimum Gasteiger partial charge on any atom is -0.310 e. The molecule has 0 radical (unpaired) electrons. The first-order valence-electron chi connectivity index (χ1n) is 7.71. The molecular formula is C17H25Br2N. The molecule has 1 aromatic carbocycles. The summed E-state index contributed by atoms with van der Waals surface area (Å²) in [6, 6.07) is 6.97. The van der Waals surface area contributed by atoms with Crippen molar-refractivity contribution < 1.29 is 0 Å². The summed E-state index contributed by atoms with van der Waals surface area (Å²) in [6.07, 6.45) is 4.03. The molecule has 1 fully saturated rings. The van der Waals surface area contributed by atoms with Gasteiger partial charge in [-0.2, -0.15) is 0 Å². The highest BCUT2D eigenvalue weighted by Gasteiger charge is 2.31. The van der Waals surface area contributed by atoms with Crippen molar-refractivity contribution in [3.05, 3.63) is 32.7 Å². The third-order valence-corrected chi connectivity index (χ3v) is 6.04. The molecule has 0 amide bonds. The maximum atomic E-state index is 3.73. The second kappa shape index (κ2) is 7.42. The average Bonchev–Trinajstić information content (AvgIpc) is 2.42. The molecule has 0 heterocycles. The number of hydrogen-bond acceptors (Lipinski definition) is 1. The molecule has 112 valence electrons. The van der Waals surface area contributed by atoms with Crippen LogP contribution in [0.1, 0.15) is 51.6 Å². The van der Waals surface area contributed by atoms with Crippen LogP contribution in [-0.4, -0.2) is 6.54 Å². The van der Waals surface area contributed by atoms with E-state index < -0.39 is 0 Å². The van der Waals surface area contributed by atoms with Crippen LogP contribution < -0.4 is 5.32 Å². The lowest BCUT2D eigenvalue weighted by Gasteiger charge is -2.37. The first-order valence-corrected chi connectivity index (χ1v) is 9.29. The van der Waals surface area contributed by atoms with E-state index in [1.54, 1.807) is 0 Å². The summed E-state index contributed by atoms with van der Waals surface area (Å²) in [6.45, 7) is 8.03. The van der Waals surface area contributed by atoms with Gasteiger partial charge in [0.1, 0.15) is 0 Å². The smallest absolute Gasteiger partial charge is 0.0360 e. The van der Waals surface area contributed by atoms with Crippen molar-refractivity contribution in [2.45, 2.75) is 46.1 Å². The first kappa shape index (κ1) is 16.5. The van der Waals surface area contributed by atoms with Crippen molar-refractivity contribution >= 4 is 31.9 Å². The second-order valence-corrected chi connectivity index (χ2v) is 8.00. The Balaban J connectivity index is 2.24. The third-order valence-electron chi connectivity index (χ3n) is 4.83. The molecular weight excluding hydrogens is 378 g/mol. The molecule has 1 aromatic rings. The topological polar surface area (TPSA) is 12.0 Å². The maximum absolute atomic E-state index is 3.73. The van der Waals surface area contributed by atoms with Crippen LogP contribution in [0.15, 0.2) is 27.1 Å². The molecule has 4 atom stereocenters. The van der Waals surface area contributed by atoms with Gasteiger partial charge in [-0.1, -0.05) is 59.1 Å². The maximum Gasteiger partial charge on any atom is 0.0360 e. The van der Waals surface area contributed by atoms with Crippen LogP contribution in [0.5, 0.6) is 0 Å². The van der Waals surface area contributed by atoms with E-state index in [2.05, 4.69) is 76.1 Å². The fourth-order valence-electron chi connectivity index (χ4n) is 3.40. The van der Waals surface area contributed by atoms with E-state index in [-0.39, 0.29) is 0 Å². The molecule has 1 N–H and O–H groups in total. The number of benzene rings is 1. The molecule has 1 aliphatic rings. The van der Waals surface area contributed by atoms with Gasteiger partial charge in [-0.05, 0) is 60.9 Å². The monoisotopic (exact) mass is 401 g/mol. The summed E-state index contributed by atoms with van der Waals surface area (Å²) < 4.78 is 2.38. The van der Waals surface area contributed by atoms with E-state index in [1.165, 1.54) is 29.3 Å². The molecule has 3 heteroatoms. The summed E-state index contributed by atoms with van der Waals surface area (Å²) in [5, 5.41) is 3.72. The Hall–Kier alpha value is 0.140. The minimum atomic E-state index is 0.460. The predicted molar refractivity (Wildman–Crippen MR) is 93.9 cm³/mol. The van der Waals surface area contributed by atoms with Gasteiger partial charge in [-0.3, -0.25) is 0 Å². The molecule has 0 saturated heterocycles. The Morgan fingerprint density at radius 3 is 2.60 bits per heavy atom. The standard InChI is InChI=1S/C17H25Br2N/c1-4-20-17(13-6-5-11(2)12(3)9-13)15-10-14(18)7-8-16(15)19/h7-8,10-13,17,20H,4-6,9H2,1-3H3. The highest BCUT2D eigenvalue weighted by molar-refractivity contribution is 9.11. The Morgan fingerprint density at radius 2 is 1.95 bits per heavy atom. The molecule has 0 aromatic heterocycles. The van der Waals surface area contributed by atoms with E-state index in [0.29, 0.717) is 6.04 Å². The van der Waals surface area contributed by atoms with Crippen molar-refractivity contribution in [2.75, 3.05) is 6.54 Å². The summed E-state index contributed by atoms with van der Waals surface area (Å²) in [7, 11) is 0. The van der Waals surface area contributed by atoms with Crippen LogP contribution in [0.25, 0.3) is 0 Å². The van der Waals surface area contributed by atoms with Crippen LogP contribution in [0.3, 0.4) is 0 Å². The van der Waals surface area contributed by atoms with E-state index >= 15 is 0 Å². The van der Waals surface area contributed by atoms with Gasteiger partial charge in [-0.15, -0.1) is 0 Å². The van der Waals surface area contributed by atoms with E-state index in [4.69, 9.17) is 0 Å². The van der Waals surface area contributed by atoms with Gasteiger partial charge in [0.2, 0.25) is 0 Å². The van der Waals surface area contributed by atoms with Crippen LogP contribution in [-0.2, 0) is 0 Å². The second-order valence-electron chi connectivity index (χ2n) is 6.23. The summed E-state index contributed by atoms with van der Waals surface area (Å²) in [5.41, 5.74) is 1.40. The number of nitrogens with one attached hydrogen (secondary N) is 1. The third kappa shape index (κ3) is 3.86. The number of hydrogen-bond donors (Lipinski definition) is 1. The molecule has 0 spiro atoms. The largest absolute Gasteiger partial charge is 0.310 e. The van der Waals surface area contributed by atoms with E-state index in [9.17, 15) is 0 Å². The zero-order valence-electron chi connectivity index (χ0n) is 12.6. The van der Waals surface area contributed by atoms with E-state index in [0.717, 1.165) is 28.8 Å². The van der Waals surface area contributed by atoms with Crippen LogP contribution in [0, 0.1) is 17.8 Å². The summed E-state index contributed by atoms with van der Waals surface area (Å²) in [4.78, 5) is 0. The average molecular weight is 403 g/mol. The predicted octanol–water partition coefficient (Wildman–Crippen LogP) is 5.93. The number of halogens is 2. The quantitative estimate of drug-likeness (QED) is 0.657. The normalized spacial score (nSPS) is 28.4. The first-order chi connectivity index (χ1) is 9.52. The van der Waals surface area contributed by atoms with Gasteiger partial charge in [0, 0.05) is 15.0 Å². The SMILES string of the molecule is CCNC(c1cc(Br)ccc1Br)C1CCC(C)C(C)C1. The van der Waals surface area contributed by atoms with Gasteiger partial charge < -0.3 is 5.32 Å². The van der Waals surface area contributed by atoms with Crippen LogP contribution >= 0.6 is 31.9 Å². The zero-order valence-corrected chi connectivity index (χ0v) is 15.8. The molecule has 20 heavy (non-hydrogen) atoms. The minimum absolute atomic E-state index is 0.460. The van der Waals surface area contributed by atoms with Crippen molar-refractivity contribution in [1.82, 2.24) is 5.32 Å². The summed E-state index contributed by atoms with van der Waals surface area (Å²) in [5.74, 6) is 2.45. The van der Waals surface area contributed by atoms with Gasteiger partial charge in [0.05, 0.1) is 0 Å². The van der Waals surface area contributed by atoms with Crippen molar-refractivity contribution in [3.63, 3.8) is 0 Å². The van der Waals surface area contributed by atoms with Crippen molar-refractivity contribution in [2.24, 2.45) is 17.8 Å². The highest BCUT2D eigenvalue weighted by atomic mass is 79.9. The molecule has 2 rings (SSSR count). The molecule has 0 bridgehead atoms. The van der Waals surface area contributed by atoms with Gasteiger partial charge in [0.25, 0.3) is 0 Å². The summed E-state index contributed by atoms with van der Waals surface area (Å²) >= 11 is 7.35. The molecule has 1 aliphatic carbocycles. The molecule has 4 unspecified atom stereocenters. The zero-order chi connectivity index (χ0) is 14.7. The Kier molecular flexibility index (Phi) is 6.12. The van der Waals surface area contributed by atoms with Crippen molar-refractivity contribution in [3.8, 4) is 0 Å². The lowest BCUT2D eigenvalue weighted by Crippen LogP contribution is -2.33. The number of rotatable bonds is 4.